The summed E-state index contributed by atoms with van der Waals surface area (Å²) in [5, 5.41) is 3.59. The minimum atomic E-state index is -0.392. The third-order valence-corrected chi connectivity index (χ3v) is 7.98. The number of fused-ring (bicyclic) bond motifs is 1. The van der Waals surface area contributed by atoms with Crippen molar-refractivity contribution in [3.8, 4) is 17.1 Å². The molecule has 5 aromatic rings. The van der Waals surface area contributed by atoms with Crippen molar-refractivity contribution in [2.75, 3.05) is 5.32 Å². The first-order valence-electron chi connectivity index (χ1n) is 14.5. The number of Topliss-reactive ketones (excluding diaryl/α,β-unsaturated/α-hetero) is 1. The number of nitrogens with zero attached hydrogens (tertiary/aromatic N) is 3. The molecule has 8 heteroatoms. The Balaban J connectivity index is 1.63. The zero-order valence-electron chi connectivity index (χ0n) is 25.1. The van der Waals surface area contributed by atoms with Crippen molar-refractivity contribution in [2.24, 2.45) is 5.92 Å². The lowest BCUT2D eigenvalue weighted by Crippen LogP contribution is -2.30. The van der Waals surface area contributed by atoms with Crippen LogP contribution in [0.15, 0.2) is 77.9 Å². The second kappa shape index (κ2) is 12.2. The quantitative estimate of drug-likeness (QED) is 0.187. The number of carbonyl (C=O) groups excluding carboxylic acids is 2. The van der Waals surface area contributed by atoms with Gasteiger partial charge in [-0.2, -0.15) is 0 Å². The highest BCUT2D eigenvalue weighted by atomic mass is 19.1. The monoisotopic (exact) mass is 578 g/mol. The lowest BCUT2D eigenvalue weighted by atomic mass is 10.0. The summed E-state index contributed by atoms with van der Waals surface area (Å²) in [4.78, 5) is 43.9. The number of nitrogens with one attached hydrogen (secondary N) is 1. The van der Waals surface area contributed by atoms with Crippen molar-refractivity contribution in [3.63, 3.8) is 0 Å². The summed E-state index contributed by atoms with van der Waals surface area (Å²) in [5.74, 6) is -0.411. The van der Waals surface area contributed by atoms with Crippen LogP contribution in [-0.4, -0.2) is 25.8 Å². The minimum Gasteiger partial charge on any atom is -0.320 e. The molecule has 2 aromatic heterocycles. The van der Waals surface area contributed by atoms with Gasteiger partial charge < -0.3 is 9.88 Å². The number of anilines is 1. The van der Waals surface area contributed by atoms with Crippen LogP contribution in [0.4, 0.5) is 10.1 Å². The fourth-order valence-corrected chi connectivity index (χ4v) is 5.19. The lowest BCUT2D eigenvalue weighted by molar-refractivity contribution is -0.119. The van der Waals surface area contributed by atoms with Gasteiger partial charge in [0.25, 0.3) is 5.56 Å². The number of halogens is 1. The molecule has 0 aliphatic heterocycles. The van der Waals surface area contributed by atoms with Crippen molar-refractivity contribution in [2.45, 2.75) is 54.0 Å². The fourth-order valence-electron chi connectivity index (χ4n) is 5.19. The average Bonchev–Trinajstić information content (AvgIpc) is 3.34. The molecular weight excluding hydrogens is 543 g/mol. The zero-order chi connectivity index (χ0) is 30.8. The number of rotatable bonds is 9. The van der Waals surface area contributed by atoms with Gasteiger partial charge in [-0.1, -0.05) is 45.0 Å². The molecule has 1 N–H and O–H groups in total. The molecule has 0 fully saturated rings. The Bertz CT molecular complexity index is 1920. The summed E-state index contributed by atoms with van der Waals surface area (Å²) in [6.07, 6.45) is 4.35. The van der Waals surface area contributed by atoms with E-state index >= 15 is 0 Å². The Labute approximate surface area is 250 Å². The fraction of sp³-hybridized carbons (Fsp3) is 0.257. The van der Waals surface area contributed by atoms with Gasteiger partial charge in [0.05, 0.1) is 18.3 Å². The number of amides is 1. The molecule has 2 heterocycles. The predicted molar refractivity (Wildman–Crippen MR) is 168 cm³/mol. The number of carbonyl (C=O) groups is 2. The standard InChI is InChI=1S/C35H35FN4O3/c1-6-21(3)34(42)38-30-18-37-33(29-16-25(32(41)7-2)12-11-22(29)4)40(35(30)43)20-24-9-8-10-27(15-24)39-19-23(5)28-17-26(36)13-14-31(28)39/h8-19,21H,6-7,20H2,1-5H3,(H,38,42)/t21-/m1/s1. The molecule has 0 radical (unpaired) electrons. The van der Waals surface area contributed by atoms with Gasteiger partial charge >= 0.3 is 0 Å². The van der Waals surface area contributed by atoms with E-state index in [-0.39, 0.29) is 35.7 Å². The molecule has 1 atom stereocenters. The van der Waals surface area contributed by atoms with Gasteiger partial charge in [0.2, 0.25) is 5.91 Å². The van der Waals surface area contributed by atoms with Gasteiger partial charge in [-0.3, -0.25) is 19.0 Å². The molecule has 0 aliphatic rings. The van der Waals surface area contributed by atoms with E-state index in [1.807, 2.05) is 75.7 Å². The molecule has 0 unspecified atom stereocenters. The van der Waals surface area contributed by atoms with Crippen molar-refractivity contribution in [3.05, 3.63) is 111 Å². The summed E-state index contributed by atoms with van der Waals surface area (Å²) < 4.78 is 17.5. The Morgan fingerprint density at radius 3 is 2.53 bits per heavy atom. The SMILES string of the molecule is CCC(=O)c1ccc(C)c(-c2ncc(NC(=O)[C@H](C)CC)c(=O)n2Cc2cccc(-n3cc(C)c4cc(F)ccc43)c2)c1. The molecule has 220 valence electrons. The lowest BCUT2D eigenvalue weighted by Gasteiger charge is -2.18. The zero-order valence-corrected chi connectivity index (χ0v) is 25.1. The molecule has 43 heavy (non-hydrogen) atoms. The number of aryl methyl sites for hydroxylation is 2. The average molecular weight is 579 g/mol. The van der Waals surface area contributed by atoms with E-state index in [0.717, 1.165) is 33.3 Å². The number of benzene rings is 3. The topological polar surface area (TPSA) is 86.0 Å². The largest absolute Gasteiger partial charge is 0.320 e. The van der Waals surface area contributed by atoms with Gasteiger partial charge in [0.1, 0.15) is 17.3 Å². The van der Waals surface area contributed by atoms with Gasteiger partial charge in [0, 0.05) is 40.7 Å². The molecule has 0 aliphatic carbocycles. The maximum absolute atomic E-state index is 14.0. The number of ketones is 1. The van der Waals surface area contributed by atoms with Crippen LogP contribution < -0.4 is 10.9 Å². The summed E-state index contributed by atoms with van der Waals surface area (Å²) in [7, 11) is 0. The van der Waals surface area contributed by atoms with E-state index in [9.17, 15) is 18.8 Å². The molecule has 0 saturated carbocycles. The molecule has 1 amide bonds. The van der Waals surface area contributed by atoms with E-state index in [1.54, 1.807) is 22.8 Å². The first-order chi connectivity index (χ1) is 20.6. The van der Waals surface area contributed by atoms with E-state index in [4.69, 9.17) is 0 Å². The minimum absolute atomic E-state index is 0.00518. The molecule has 3 aromatic carbocycles. The van der Waals surface area contributed by atoms with E-state index in [2.05, 4.69) is 10.3 Å². The Hall–Kier alpha value is -4.85. The molecule has 0 saturated heterocycles. The molecule has 0 bridgehead atoms. The second-order valence-electron chi connectivity index (χ2n) is 11.0. The van der Waals surface area contributed by atoms with E-state index < -0.39 is 5.56 Å². The maximum Gasteiger partial charge on any atom is 0.277 e. The summed E-state index contributed by atoms with van der Waals surface area (Å²) >= 11 is 0. The first-order valence-corrected chi connectivity index (χ1v) is 14.5. The van der Waals surface area contributed by atoms with Crippen LogP contribution in [0.5, 0.6) is 0 Å². The van der Waals surface area contributed by atoms with Crippen molar-refractivity contribution in [1.29, 1.82) is 0 Å². The van der Waals surface area contributed by atoms with E-state index in [1.165, 1.54) is 18.3 Å². The highest BCUT2D eigenvalue weighted by Gasteiger charge is 2.19. The normalized spacial score (nSPS) is 12.0. The third-order valence-electron chi connectivity index (χ3n) is 7.98. The van der Waals surface area contributed by atoms with Crippen LogP contribution in [0, 0.1) is 25.6 Å². The van der Waals surface area contributed by atoms with Crippen LogP contribution in [0.25, 0.3) is 28.0 Å². The van der Waals surface area contributed by atoms with Crippen LogP contribution in [0.1, 0.15) is 60.7 Å². The van der Waals surface area contributed by atoms with Crippen LogP contribution in [0.3, 0.4) is 0 Å². The van der Waals surface area contributed by atoms with Gasteiger partial charge in [-0.15, -0.1) is 0 Å². The van der Waals surface area contributed by atoms with E-state index in [0.29, 0.717) is 29.8 Å². The molecule has 7 nitrogen and oxygen atoms in total. The van der Waals surface area contributed by atoms with Crippen LogP contribution in [-0.2, 0) is 11.3 Å². The smallest absolute Gasteiger partial charge is 0.277 e. The van der Waals surface area contributed by atoms with Crippen LogP contribution in [0.2, 0.25) is 0 Å². The van der Waals surface area contributed by atoms with Crippen LogP contribution >= 0.6 is 0 Å². The Morgan fingerprint density at radius 1 is 1.00 bits per heavy atom. The van der Waals surface area contributed by atoms with Crippen molar-refractivity contribution >= 4 is 28.3 Å². The van der Waals surface area contributed by atoms with Gasteiger partial charge in [-0.05, 0) is 73.4 Å². The van der Waals surface area contributed by atoms with Gasteiger partial charge in [0.15, 0.2) is 5.78 Å². The molecular formula is C35H35FN4O3. The third kappa shape index (κ3) is 5.91. The Morgan fingerprint density at radius 2 is 1.79 bits per heavy atom. The number of aromatic nitrogens is 3. The van der Waals surface area contributed by atoms with Crippen molar-refractivity contribution in [1.82, 2.24) is 14.1 Å². The summed E-state index contributed by atoms with van der Waals surface area (Å²) in [6, 6.07) is 17.9. The highest BCUT2D eigenvalue weighted by Crippen LogP contribution is 2.27. The maximum atomic E-state index is 14.0. The highest BCUT2D eigenvalue weighted by molar-refractivity contribution is 5.97. The van der Waals surface area contributed by atoms with Gasteiger partial charge in [-0.25, -0.2) is 9.37 Å². The van der Waals surface area contributed by atoms with Crippen molar-refractivity contribution < 1.29 is 14.0 Å². The Kier molecular flexibility index (Phi) is 8.39. The number of hydrogen-bond donors (Lipinski definition) is 1. The molecule has 0 spiro atoms. The number of hydrogen-bond acceptors (Lipinski definition) is 4. The first kappa shape index (κ1) is 29.6. The molecule has 5 rings (SSSR count). The predicted octanol–water partition coefficient (Wildman–Crippen LogP) is 7.24. The second-order valence-corrected chi connectivity index (χ2v) is 11.0. The summed E-state index contributed by atoms with van der Waals surface area (Å²) in [6.45, 7) is 9.55. The summed E-state index contributed by atoms with van der Waals surface area (Å²) in [5.41, 5.74) is 5.29.